The van der Waals surface area contributed by atoms with Crippen LogP contribution in [0.4, 0.5) is 5.69 Å². The SMILES string of the molecule is COc1cccc2c1N(C)C(C(=O)O)CS2(=O)=O. The first kappa shape index (κ1) is 12.7. The second-order valence-electron chi connectivity index (χ2n) is 4.05. The quantitative estimate of drug-likeness (QED) is 0.836. The number of hydrogen-bond acceptors (Lipinski definition) is 5. The third-order valence-electron chi connectivity index (χ3n) is 3.00. The third-order valence-corrected chi connectivity index (χ3v) is 4.75. The fourth-order valence-corrected chi connectivity index (χ4v) is 3.85. The van der Waals surface area contributed by atoms with Crippen molar-refractivity contribution in [2.45, 2.75) is 10.9 Å². The second kappa shape index (κ2) is 4.16. The summed E-state index contributed by atoms with van der Waals surface area (Å²) in [7, 11) is -0.637. The van der Waals surface area contributed by atoms with Crippen LogP contribution in [0, 0.1) is 0 Å². The number of hydrogen-bond donors (Lipinski definition) is 1. The van der Waals surface area contributed by atoms with Gasteiger partial charge in [0.1, 0.15) is 11.8 Å². The number of aliphatic carboxylic acids is 1. The number of benzene rings is 1. The summed E-state index contributed by atoms with van der Waals surface area (Å²) in [6, 6.07) is 3.54. The Balaban J connectivity index is 2.71. The van der Waals surface area contributed by atoms with Gasteiger partial charge in [0, 0.05) is 7.05 Å². The van der Waals surface area contributed by atoms with E-state index in [1.807, 2.05) is 0 Å². The number of likely N-dealkylation sites (N-methyl/N-ethyl adjacent to an activating group) is 1. The van der Waals surface area contributed by atoms with Crippen LogP contribution in [0.2, 0.25) is 0 Å². The standard InChI is InChI=1S/C11H13NO5S/c1-12-7(11(13)14)6-18(15,16)9-5-3-4-8(17-2)10(9)12/h3-5,7H,6H2,1-2H3,(H,13,14). The molecule has 1 N–H and O–H groups in total. The molecule has 18 heavy (non-hydrogen) atoms. The van der Waals surface area contributed by atoms with Gasteiger partial charge in [-0.3, -0.25) is 0 Å². The third kappa shape index (κ3) is 1.80. The lowest BCUT2D eigenvalue weighted by Crippen LogP contribution is -2.47. The molecule has 0 fully saturated rings. The first-order chi connectivity index (χ1) is 8.38. The van der Waals surface area contributed by atoms with Crippen LogP contribution in [0.1, 0.15) is 0 Å². The number of rotatable bonds is 2. The highest BCUT2D eigenvalue weighted by molar-refractivity contribution is 7.91. The number of nitrogens with zero attached hydrogens (tertiary/aromatic N) is 1. The molecule has 1 heterocycles. The average molecular weight is 271 g/mol. The first-order valence-corrected chi connectivity index (χ1v) is 6.89. The van der Waals surface area contributed by atoms with Crippen molar-refractivity contribution < 1.29 is 23.1 Å². The molecule has 0 spiro atoms. The van der Waals surface area contributed by atoms with E-state index >= 15 is 0 Å². The highest BCUT2D eigenvalue weighted by Crippen LogP contribution is 2.39. The summed E-state index contributed by atoms with van der Waals surface area (Å²) < 4.78 is 29.2. The number of methoxy groups -OCH3 is 1. The molecule has 1 aliphatic rings. The summed E-state index contributed by atoms with van der Waals surface area (Å²) in [5.41, 5.74) is 0.304. The molecule has 1 unspecified atom stereocenters. The van der Waals surface area contributed by atoms with Crippen LogP contribution in [-0.4, -0.2) is 45.4 Å². The largest absolute Gasteiger partial charge is 0.495 e. The molecular weight excluding hydrogens is 258 g/mol. The van der Waals surface area contributed by atoms with E-state index < -0.39 is 27.6 Å². The average Bonchev–Trinajstić information content (AvgIpc) is 2.32. The molecule has 6 nitrogen and oxygen atoms in total. The Bertz CT molecular complexity index is 595. The van der Waals surface area contributed by atoms with E-state index in [9.17, 15) is 13.2 Å². The van der Waals surface area contributed by atoms with E-state index in [0.29, 0.717) is 11.4 Å². The van der Waals surface area contributed by atoms with E-state index in [1.165, 1.54) is 18.1 Å². The predicted molar refractivity (Wildman–Crippen MR) is 64.9 cm³/mol. The van der Waals surface area contributed by atoms with Gasteiger partial charge in [-0.1, -0.05) is 6.07 Å². The van der Waals surface area contributed by atoms with Crippen molar-refractivity contribution >= 4 is 21.5 Å². The van der Waals surface area contributed by atoms with Gasteiger partial charge in [-0.2, -0.15) is 0 Å². The number of sulfone groups is 1. The summed E-state index contributed by atoms with van der Waals surface area (Å²) in [6.45, 7) is 0. The number of anilines is 1. The van der Waals surface area contributed by atoms with E-state index in [-0.39, 0.29) is 4.90 Å². The molecule has 0 bridgehead atoms. The summed E-state index contributed by atoms with van der Waals surface area (Å²) >= 11 is 0. The lowest BCUT2D eigenvalue weighted by atomic mass is 10.2. The van der Waals surface area contributed by atoms with Crippen molar-refractivity contribution in [3.05, 3.63) is 18.2 Å². The fraction of sp³-hybridized carbons (Fsp3) is 0.364. The van der Waals surface area contributed by atoms with Crippen LogP contribution < -0.4 is 9.64 Å². The zero-order chi connectivity index (χ0) is 13.5. The van der Waals surface area contributed by atoms with Gasteiger partial charge < -0.3 is 14.7 Å². The Morgan fingerprint density at radius 1 is 1.50 bits per heavy atom. The molecule has 0 saturated heterocycles. The summed E-state index contributed by atoms with van der Waals surface area (Å²) in [4.78, 5) is 12.7. The van der Waals surface area contributed by atoms with E-state index in [0.717, 1.165) is 0 Å². The monoisotopic (exact) mass is 271 g/mol. The van der Waals surface area contributed by atoms with E-state index in [4.69, 9.17) is 9.84 Å². The molecule has 1 aromatic carbocycles. The Hall–Kier alpha value is -1.76. The maximum Gasteiger partial charge on any atom is 0.327 e. The Labute approximate surface area is 105 Å². The minimum Gasteiger partial charge on any atom is -0.495 e. The molecule has 1 aromatic rings. The van der Waals surface area contributed by atoms with E-state index in [1.54, 1.807) is 19.2 Å². The van der Waals surface area contributed by atoms with Crippen molar-refractivity contribution in [2.24, 2.45) is 0 Å². The first-order valence-electron chi connectivity index (χ1n) is 5.24. The molecule has 0 saturated carbocycles. The van der Waals surface area contributed by atoms with Gasteiger partial charge in [0.25, 0.3) is 0 Å². The van der Waals surface area contributed by atoms with Crippen LogP contribution in [0.5, 0.6) is 5.75 Å². The van der Waals surface area contributed by atoms with Gasteiger partial charge in [-0.25, -0.2) is 13.2 Å². The number of carbonyl (C=O) groups is 1. The van der Waals surface area contributed by atoms with Crippen LogP contribution in [0.25, 0.3) is 0 Å². The maximum absolute atomic E-state index is 12.1. The number of carboxylic acids is 1. The molecule has 2 rings (SSSR count). The van der Waals surface area contributed by atoms with Crippen LogP contribution >= 0.6 is 0 Å². The molecule has 0 aliphatic carbocycles. The summed E-state index contributed by atoms with van der Waals surface area (Å²) in [5, 5.41) is 9.08. The van der Waals surface area contributed by atoms with Gasteiger partial charge >= 0.3 is 5.97 Å². The van der Waals surface area contributed by atoms with Crippen molar-refractivity contribution in [1.82, 2.24) is 0 Å². The summed E-state index contributed by atoms with van der Waals surface area (Å²) in [5.74, 6) is -1.25. The molecule has 98 valence electrons. The molecule has 0 radical (unpaired) electrons. The molecule has 0 amide bonds. The fourth-order valence-electron chi connectivity index (χ4n) is 2.07. The molecule has 1 atom stereocenters. The minimum absolute atomic E-state index is 0.113. The highest BCUT2D eigenvalue weighted by Gasteiger charge is 2.39. The second-order valence-corrected chi connectivity index (χ2v) is 6.06. The molecular formula is C11H13NO5S. The maximum atomic E-state index is 12.1. The number of ether oxygens (including phenoxy) is 1. The van der Waals surface area contributed by atoms with Gasteiger partial charge in [-0.15, -0.1) is 0 Å². The summed E-state index contributed by atoms with van der Waals surface area (Å²) in [6.07, 6.45) is 0. The van der Waals surface area contributed by atoms with Gasteiger partial charge in [-0.05, 0) is 12.1 Å². The highest BCUT2D eigenvalue weighted by atomic mass is 32.2. The smallest absolute Gasteiger partial charge is 0.327 e. The Kier molecular flexibility index (Phi) is 2.94. The normalized spacial score (nSPS) is 21.2. The lowest BCUT2D eigenvalue weighted by molar-refractivity contribution is -0.138. The number of carboxylic acid groups (broad SMARTS) is 1. The Morgan fingerprint density at radius 3 is 2.72 bits per heavy atom. The van der Waals surface area contributed by atoms with Crippen LogP contribution in [0.15, 0.2) is 23.1 Å². The number of fused-ring (bicyclic) bond motifs is 1. The molecule has 7 heteroatoms. The molecule has 0 aromatic heterocycles. The van der Waals surface area contributed by atoms with Gasteiger partial charge in [0.05, 0.1) is 23.4 Å². The Morgan fingerprint density at radius 2 is 2.17 bits per heavy atom. The topological polar surface area (TPSA) is 83.9 Å². The zero-order valence-electron chi connectivity index (χ0n) is 9.95. The lowest BCUT2D eigenvalue weighted by Gasteiger charge is -2.33. The van der Waals surface area contributed by atoms with Gasteiger partial charge in [0.15, 0.2) is 9.84 Å². The van der Waals surface area contributed by atoms with Crippen LogP contribution in [-0.2, 0) is 14.6 Å². The van der Waals surface area contributed by atoms with Crippen LogP contribution in [0.3, 0.4) is 0 Å². The number of para-hydroxylation sites is 1. The van der Waals surface area contributed by atoms with E-state index in [2.05, 4.69) is 0 Å². The van der Waals surface area contributed by atoms with Gasteiger partial charge in [0.2, 0.25) is 0 Å². The van der Waals surface area contributed by atoms with Crippen molar-refractivity contribution in [2.75, 3.05) is 24.8 Å². The zero-order valence-corrected chi connectivity index (χ0v) is 10.8. The molecule has 1 aliphatic heterocycles. The van der Waals surface area contributed by atoms with Crippen molar-refractivity contribution in [1.29, 1.82) is 0 Å². The van der Waals surface area contributed by atoms with Crippen molar-refractivity contribution in [3.63, 3.8) is 0 Å². The minimum atomic E-state index is -3.60. The van der Waals surface area contributed by atoms with Crippen molar-refractivity contribution in [3.8, 4) is 5.75 Å². The predicted octanol–water partition coefficient (Wildman–Crippen LogP) is 0.372.